The first-order valence-corrected chi connectivity index (χ1v) is 6.38. The second-order valence-corrected chi connectivity index (χ2v) is 4.41. The van der Waals surface area contributed by atoms with Crippen molar-refractivity contribution in [2.24, 2.45) is 0 Å². The molecule has 0 atom stereocenters. The number of ether oxygens (including phenoxy) is 1. The molecule has 0 fully saturated rings. The van der Waals surface area contributed by atoms with Crippen LogP contribution in [0.5, 0.6) is 11.5 Å². The zero-order valence-electron chi connectivity index (χ0n) is 10.6. The number of hydrogen-bond acceptors (Lipinski definition) is 3. The van der Waals surface area contributed by atoms with Gasteiger partial charge in [-0.2, -0.15) is 0 Å². The molecule has 0 bridgehead atoms. The van der Waals surface area contributed by atoms with E-state index in [-0.39, 0.29) is 12.4 Å². The summed E-state index contributed by atoms with van der Waals surface area (Å²) in [5.74, 6) is 1.19. The Kier molecular flexibility index (Phi) is 4.62. The fraction of sp³-hybridized carbons (Fsp3) is 0.133. The second kappa shape index (κ2) is 6.42. The predicted octanol–water partition coefficient (Wildman–Crippen LogP) is 2.96. The van der Waals surface area contributed by atoms with Gasteiger partial charge in [-0.1, -0.05) is 0 Å². The van der Waals surface area contributed by atoms with Crippen LogP contribution in [0.4, 0.5) is 0 Å². The average molecular weight is 268 g/mol. The SMILES string of the molecule is Cc1ccc(Oc2ccccc2)cc1CC(=O)[O][Al+2]. The molecule has 0 saturated carbocycles. The molecule has 0 amide bonds. The molecule has 0 saturated heterocycles. The van der Waals surface area contributed by atoms with Gasteiger partial charge in [-0.3, -0.25) is 0 Å². The summed E-state index contributed by atoms with van der Waals surface area (Å²) in [6.07, 6.45) is 0.237. The normalized spacial score (nSPS) is 10.1. The first kappa shape index (κ1) is 13.7. The van der Waals surface area contributed by atoms with Gasteiger partial charge < -0.3 is 0 Å². The molecule has 0 N–H and O–H groups in total. The van der Waals surface area contributed by atoms with Crippen LogP contribution in [0.1, 0.15) is 11.1 Å². The molecule has 0 aliphatic rings. The van der Waals surface area contributed by atoms with E-state index in [4.69, 9.17) is 4.74 Å². The number of rotatable bonds is 4. The fourth-order valence-electron chi connectivity index (χ4n) is 1.72. The molecule has 0 aliphatic heterocycles. The number of para-hydroxylation sites is 1. The zero-order chi connectivity index (χ0) is 13.7. The summed E-state index contributed by atoms with van der Waals surface area (Å²) in [7, 11) is 0. The van der Waals surface area contributed by atoms with Gasteiger partial charge in [0, 0.05) is 0 Å². The van der Waals surface area contributed by atoms with E-state index in [2.05, 4.69) is 3.79 Å². The third kappa shape index (κ3) is 3.85. The Balaban J connectivity index is 2.18. The van der Waals surface area contributed by atoms with Crippen LogP contribution < -0.4 is 4.74 Å². The van der Waals surface area contributed by atoms with Crippen LogP contribution in [0.2, 0.25) is 0 Å². The maximum atomic E-state index is 11.3. The van der Waals surface area contributed by atoms with Gasteiger partial charge in [0.25, 0.3) is 0 Å². The van der Waals surface area contributed by atoms with Crippen LogP contribution in [0, 0.1) is 6.92 Å². The van der Waals surface area contributed by atoms with Crippen molar-refractivity contribution in [1.29, 1.82) is 0 Å². The summed E-state index contributed by atoms with van der Waals surface area (Å²) in [4.78, 5) is 11.3. The quantitative estimate of drug-likeness (QED) is 0.800. The van der Waals surface area contributed by atoms with Crippen molar-refractivity contribution in [3.63, 3.8) is 0 Å². The van der Waals surface area contributed by atoms with Gasteiger partial charge in [0.2, 0.25) is 0 Å². The van der Waals surface area contributed by atoms with Gasteiger partial charge >= 0.3 is 120 Å². The topological polar surface area (TPSA) is 35.5 Å². The molecule has 4 heteroatoms. The number of hydrogen-bond donors (Lipinski definition) is 0. The summed E-state index contributed by atoms with van der Waals surface area (Å²) in [5, 5.41) is 0. The van der Waals surface area contributed by atoms with E-state index in [0.29, 0.717) is 5.75 Å². The molecular formula is C15H13AlO3+2. The molecule has 19 heavy (non-hydrogen) atoms. The summed E-state index contributed by atoms with van der Waals surface area (Å²) >= 11 is 1.97. The second-order valence-electron chi connectivity index (χ2n) is 4.17. The van der Waals surface area contributed by atoms with Crippen molar-refractivity contribution in [2.75, 3.05) is 0 Å². The molecule has 92 valence electrons. The van der Waals surface area contributed by atoms with Crippen molar-refractivity contribution in [3.05, 3.63) is 59.7 Å². The Bertz CT molecular complexity index is 567. The molecule has 0 unspecified atom stereocenters. The van der Waals surface area contributed by atoms with Crippen LogP contribution >= 0.6 is 0 Å². The Morgan fingerprint density at radius 1 is 1.11 bits per heavy atom. The molecule has 2 aromatic carbocycles. The molecule has 2 rings (SSSR count). The molecule has 0 aliphatic carbocycles. The summed E-state index contributed by atoms with van der Waals surface area (Å²) in [5.41, 5.74) is 1.94. The monoisotopic (exact) mass is 268 g/mol. The number of carbonyl (C=O) groups is 1. The van der Waals surface area contributed by atoms with E-state index in [1.165, 1.54) is 0 Å². The standard InChI is InChI=1S/C15H14O3.Al/c1-11-7-8-14(9-12(11)10-15(16)17)18-13-5-3-2-4-6-13;/h2-9H,10H2,1H3,(H,16,17);/q;+3/p-1. The van der Waals surface area contributed by atoms with Crippen molar-refractivity contribution in [3.8, 4) is 11.5 Å². The number of aryl methyl sites for hydroxylation is 1. The summed E-state index contributed by atoms with van der Waals surface area (Å²) < 4.78 is 10.3. The van der Waals surface area contributed by atoms with E-state index in [1.807, 2.05) is 72.1 Å². The zero-order valence-corrected chi connectivity index (χ0v) is 11.8. The van der Waals surface area contributed by atoms with E-state index >= 15 is 0 Å². The molecule has 3 nitrogen and oxygen atoms in total. The van der Waals surface area contributed by atoms with Crippen molar-refractivity contribution < 1.29 is 13.3 Å². The minimum absolute atomic E-state index is 0.237. The molecule has 0 aromatic heterocycles. The van der Waals surface area contributed by atoms with Crippen LogP contribution in [-0.4, -0.2) is 22.6 Å². The van der Waals surface area contributed by atoms with Gasteiger partial charge in [-0.15, -0.1) is 0 Å². The number of benzene rings is 2. The van der Waals surface area contributed by atoms with Crippen molar-refractivity contribution in [2.45, 2.75) is 13.3 Å². The van der Waals surface area contributed by atoms with Gasteiger partial charge in [-0.05, 0) is 0 Å². The van der Waals surface area contributed by atoms with E-state index in [1.54, 1.807) is 0 Å². The first-order valence-electron chi connectivity index (χ1n) is 5.91. The molecule has 2 aromatic rings. The Hall–Kier alpha value is -1.76. The van der Waals surface area contributed by atoms with Crippen LogP contribution in [-0.2, 0) is 15.0 Å². The van der Waals surface area contributed by atoms with Crippen LogP contribution in [0.3, 0.4) is 0 Å². The summed E-state index contributed by atoms with van der Waals surface area (Å²) in [6, 6.07) is 15.2. The van der Waals surface area contributed by atoms with E-state index < -0.39 is 0 Å². The number of carbonyl (C=O) groups excluding carboxylic acids is 1. The predicted molar refractivity (Wildman–Crippen MR) is 73.2 cm³/mol. The molecule has 0 radical (unpaired) electrons. The van der Waals surface area contributed by atoms with E-state index in [0.717, 1.165) is 16.9 Å². The van der Waals surface area contributed by atoms with Gasteiger partial charge in [-0.25, -0.2) is 0 Å². The third-order valence-corrected chi connectivity index (χ3v) is 3.03. The van der Waals surface area contributed by atoms with Crippen LogP contribution in [0.25, 0.3) is 0 Å². The molecular weight excluding hydrogens is 255 g/mol. The van der Waals surface area contributed by atoms with Crippen molar-refractivity contribution >= 4 is 22.6 Å². The Morgan fingerprint density at radius 3 is 2.53 bits per heavy atom. The fourth-order valence-corrected chi connectivity index (χ4v) is 1.81. The average Bonchev–Trinajstić information content (AvgIpc) is 2.43. The maximum absolute atomic E-state index is 11.3. The first-order chi connectivity index (χ1) is 9.19. The Labute approximate surface area is 120 Å². The third-order valence-electron chi connectivity index (χ3n) is 2.77. The molecule has 0 heterocycles. The van der Waals surface area contributed by atoms with Crippen molar-refractivity contribution in [1.82, 2.24) is 0 Å². The van der Waals surface area contributed by atoms with Crippen LogP contribution in [0.15, 0.2) is 48.5 Å². The van der Waals surface area contributed by atoms with Gasteiger partial charge in [0.05, 0.1) is 0 Å². The molecule has 0 spiro atoms. The van der Waals surface area contributed by atoms with E-state index in [9.17, 15) is 4.79 Å². The van der Waals surface area contributed by atoms with Gasteiger partial charge in [0.15, 0.2) is 0 Å². The summed E-state index contributed by atoms with van der Waals surface area (Å²) in [6.45, 7) is 1.96. The minimum atomic E-state index is -0.287. The van der Waals surface area contributed by atoms with Gasteiger partial charge in [0.1, 0.15) is 0 Å². The Morgan fingerprint density at radius 2 is 1.84 bits per heavy atom.